The zero-order chi connectivity index (χ0) is 16.9. The van der Waals surface area contributed by atoms with Crippen LogP contribution in [0.15, 0.2) is 4.99 Å². The number of nitrogens with one attached hydrogen (secondary N) is 2. The lowest BCUT2D eigenvalue weighted by molar-refractivity contribution is 0.171. The SMILES string of the molecule is CCNC(=NCC(C(CC)CC)N1CCCC1)NCCCOC. The van der Waals surface area contributed by atoms with Crippen molar-refractivity contribution in [2.24, 2.45) is 10.9 Å². The highest BCUT2D eigenvalue weighted by atomic mass is 16.5. The van der Waals surface area contributed by atoms with Gasteiger partial charge in [0.2, 0.25) is 0 Å². The van der Waals surface area contributed by atoms with Crippen LogP contribution in [0.3, 0.4) is 0 Å². The summed E-state index contributed by atoms with van der Waals surface area (Å²) in [7, 11) is 1.75. The van der Waals surface area contributed by atoms with Crippen molar-refractivity contribution in [3.63, 3.8) is 0 Å². The van der Waals surface area contributed by atoms with Crippen molar-refractivity contribution in [3.8, 4) is 0 Å². The third-order valence-corrected chi connectivity index (χ3v) is 4.80. The molecule has 1 fully saturated rings. The van der Waals surface area contributed by atoms with Crippen LogP contribution >= 0.6 is 0 Å². The number of aliphatic imine (C=N–C) groups is 1. The highest BCUT2D eigenvalue weighted by Gasteiger charge is 2.27. The molecule has 0 amide bonds. The van der Waals surface area contributed by atoms with Gasteiger partial charge >= 0.3 is 0 Å². The first-order valence-corrected chi connectivity index (χ1v) is 9.51. The van der Waals surface area contributed by atoms with Gasteiger partial charge in [0.05, 0.1) is 6.54 Å². The first-order chi connectivity index (χ1) is 11.3. The van der Waals surface area contributed by atoms with Crippen LogP contribution in [0.5, 0.6) is 0 Å². The van der Waals surface area contributed by atoms with E-state index in [4.69, 9.17) is 9.73 Å². The molecule has 2 N–H and O–H groups in total. The predicted octanol–water partition coefficient (Wildman–Crippen LogP) is 2.48. The van der Waals surface area contributed by atoms with Gasteiger partial charge in [0.1, 0.15) is 0 Å². The smallest absolute Gasteiger partial charge is 0.191 e. The van der Waals surface area contributed by atoms with E-state index in [1.807, 2.05) is 0 Å². The molecule has 1 aliphatic rings. The van der Waals surface area contributed by atoms with Crippen molar-refractivity contribution in [1.29, 1.82) is 0 Å². The van der Waals surface area contributed by atoms with Crippen LogP contribution in [-0.2, 0) is 4.74 Å². The van der Waals surface area contributed by atoms with E-state index in [0.29, 0.717) is 6.04 Å². The van der Waals surface area contributed by atoms with Crippen LogP contribution in [-0.4, -0.2) is 63.3 Å². The van der Waals surface area contributed by atoms with Gasteiger partial charge in [-0.05, 0) is 45.2 Å². The maximum atomic E-state index is 5.10. The third kappa shape index (κ3) is 7.53. The molecule has 5 nitrogen and oxygen atoms in total. The molecule has 5 heteroatoms. The molecule has 0 aromatic rings. The molecule has 0 aromatic heterocycles. The highest BCUT2D eigenvalue weighted by molar-refractivity contribution is 5.79. The van der Waals surface area contributed by atoms with E-state index in [1.54, 1.807) is 7.11 Å². The number of methoxy groups -OCH3 is 1. The van der Waals surface area contributed by atoms with Gasteiger partial charge in [0.25, 0.3) is 0 Å². The van der Waals surface area contributed by atoms with Gasteiger partial charge in [-0.1, -0.05) is 26.7 Å². The maximum Gasteiger partial charge on any atom is 0.191 e. The van der Waals surface area contributed by atoms with E-state index in [1.165, 1.54) is 38.8 Å². The first kappa shape index (κ1) is 20.2. The summed E-state index contributed by atoms with van der Waals surface area (Å²) in [6.45, 7) is 12.7. The van der Waals surface area contributed by atoms with Crippen LogP contribution in [0.2, 0.25) is 0 Å². The van der Waals surface area contributed by atoms with Crippen LogP contribution in [0.4, 0.5) is 0 Å². The monoisotopic (exact) mass is 326 g/mol. The number of rotatable bonds is 11. The molecule has 1 rings (SSSR count). The topological polar surface area (TPSA) is 48.9 Å². The molecule has 23 heavy (non-hydrogen) atoms. The summed E-state index contributed by atoms with van der Waals surface area (Å²) in [6.07, 6.45) is 6.17. The second-order valence-corrected chi connectivity index (χ2v) is 6.38. The van der Waals surface area contributed by atoms with Crippen molar-refractivity contribution in [2.75, 3.05) is 46.4 Å². The Morgan fingerprint density at radius 3 is 2.39 bits per heavy atom. The Labute approximate surface area is 143 Å². The van der Waals surface area contributed by atoms with Crippen LogP contribution in [0, 0.1) is 5.92 Å². The Morgan fingerprint density at radius 2 is 1.83 bits per heavy atom. The van der Waals surface area contributed by atoms with Crippen LogP contribution in [0.25, 0.3) is 0 Å². The Balaban J connectivity index is 2.61. The summed E-state index contributed by atoms with van der Waals surface area (Å²) in [4.78, 5) is 7.55. The maximum absolute atomic E-state index is 5.10. The second-order valence-electron chi connectivity index (χ2n) is 6.38. The van der Waals surface area contributed by atoms with Crippen molar-refractivity contribution < 1.29 is 4.74 Å². The molecular weight excluding hydrogens is 288 g/mol. The van der Waals surface area contributed by atoms with Gasteiger partial charge in [-0.15, -0.1) is 0 Å². The third-order valence-electron chi connectivity index (χ3n) is 4.80. The number of guanidine groups is 1. The minimum atomic E-state index is 0.585. The Hall–Kier alpha value is -0.810. The molecule has 0 radical (unpaired) electrons. The summed E-state index contributed by atoms with van der Waals surface area (Å²) in [5.74, 6) is 1.69. The minimum absolute atomic E-state index is 0.585. The summed E-state index contributed by atoms with van der Waals surface area (Å²) in [5, 5.41) is 6.78. The number of likely N-dealkylation sites (tertiary alicyclic amines) is 1. The fourth-order valence-electron chi connectivity index (χ4n) is 3.42. The van der Waals surface area contributed by atoms with Gasteiger partial charge in [-0.3, -0.25) is 9.89 Å². The standard InChI is InChI=1S/C18H38N4O/c1-5-16(6-2)17(22-12-8-9-13-22)15-21-18(19-7-3)20-11-10-14-23-4/h16-17H,5-15H2,1-4H3,(H2,19,20,21). The highest BCUT2D eigenvalue weighted by Crippen LogP contribution is 2.23. The van der Waals surface area contributed by atoms with E-state index in [9.17, 15) is 0 Å². The van der Waals surface area contributed by atoms with Crippen molar-refractivity contribution in [2.45, 2.75) is 58.9 Å². The van der Waals surface area contributed by atoms with Crippen LogP contribution < -0.4 is 10.6 Å². The molecule has 1 saturated heterocycles. The quantitative estimate of drug-likeness (QED) is 0.348. The number of hydrogen-bond acceptors (Lipinski definition) is 3. The lowest BCUT2D eigenvalue weighted by Gasteiger charge is -2.32. The molecule has 0 aromatic carbocycles. The molecule has 0 aliphatic carbocycles. The molecule has 136 valence electrons. The molecule has 1 atom stereocenters. The molecule has 1 aliphatic heterocycles. The number of nitrogens with zero attached hydrogens (tertiary/aromatic N) is 2. The van der Waals surface area contributed by atoms with Gasteiger partial charge in [0, 0.05) is 32.8 Å². The number of hydrogen-bond donors (Lipinski definition) is 2. The lowest BCUT2D eigenvalue weighted by atomic mass is 9.93. The van der Waals surface area contributed by atoms with E-state index >= 15 is 0 Å². The Morgan fingerprint density at radius 1 is 1.13 bits per heavy atom. The summed E-state index contributed by atoms with van der Waals surface area (Å²) in [5.41, 5.74) is 0. The fraction of sp³-hybridized carbons (Fsp3) is 0.944. The van der Waals surface area contributed by atoms with Gasteiger partial charge < -0.3 is 15.4 Å². The molecule has 1 heterocycles. The van der Waals surface area contributed by atoms with Gasteiger partial charge in [0.15, 0.2) is 5.96 Å². The first-order valence-electron chi connectivity index (χ1n) is 9.51. The number of ether oxygens (including phenoxy) is 1. The molecule has 0 bridgehead atoms. The second kappa shape index (κ2) is 12.6. The fourth-order valence-corrected chi connectivity index (χ4v) is 3.42. The summed E-state index contributed by atoms with van der Waals surface area (Å²) < 4.78 is 5.10. The normalized spacial score (nSPS) is 17.7. The van der Waals surface area contributed by atoms with Crippen molar-refractivity contribution >= 4 is 5.96 Å². The molecule has 0 saturated carbocycles. The van der Waals surface area contributed by atoms with Crippen molar-refractivity contribution in [1.82, 2.24) is 15.5 Å². The summed E-state index contributed by atoms with van der Waals surface area (Å²) in [6, 6.07) is 0.585. The average molecular weight is 327 g/mol. The lowest BCUT2D eigenvalue weighted by Crippen LogP contribution is -2.43. The molecular formula is C18H38N4O. The van der Waals surface area contributed by atoms with Gasteiger partial charge in [-0.2, -0.15) is 0 Å². The van der Waals surface area contributed by atoms with E-state index in [2.05, 4.69) is 36.3 Å². The molecule has 0 spiro atoms. The predicted molar refractivity (Wildman–Crippen MR) is 99.1 cm³/mol. The Bertz CT molecular complexity index is 310. The zero-order valence-electron chi connectivity index (χ0n) is 15.7. The minimum Gasteiger partial charge on any atom is -0.385 e. The van der Waals surface area contributed by atoms with E-state index < -0.39 is 0 Å². The Kier molecular flexibility index (Phi) is 11.1. The van der Waals surface area contributed by atoms with E-state index in [-0.39, 0.29) is 0 Å². The van der Waals surface area contributed by atoms with Crippen molar-refractivity contribution in [3.05, 3.63) is 0 Å². The summed E-state index contributed by atoms with van der Waals surface area (Å²) >= 11 is 0. The largest absolute Gasteiger partial charge is 0.385 e. The zero-order valence-corrected chi connectivity index (χ0v) is 15.7. The molecule has 1 unspecified atom stereocenters. The average Bonchev–Trinajstić information content (AvgIpc) is 3.09. The van der Waals surface area contributed by atoms with Gasteiger partial charge in [-0.25, -0.2) is 0 Å². The van der Waals surface area contributed by atoms with E-state index in [0.717, 1.165) is 44.5 Å². The van der Waals surface area contributed by atoms with Crippen LogP contribution in [0.1, 0.15) is 52.9 Å².